The second-order valence-electron chi connectivity index (χ2n) is 7.52. The SMILES string of the molecule is Cc1ccc(-c2cc(C=CC(=O)c3ccccc3)ccc2-c2cc(Cl)cc(Cl)c2O)cc1. The number of halogens is 2. The van der Waals surface area contributed by atoms with Gasteiger partial charge >= 0.3 is 0 Å². The van der Waals surface area contributed by atoms with Crippen LogP contribution in [0.15, 0.2) is 91.0 Å². The van der Waals surface area contributed by atoms with Crippen LogP contribution in [0.25, 0.3) is 28.3 Å². The van der Waals surface area contributed by atoms with Gasteiger partial charge in [-0.25, -0.2) is 0 Å². The number of phenols is 1. The van der Waals surface area contributed by atoms with Gasteiger partial charge in [0.05, 0.1) is 5.02 Å². The van der Waals surface area contributed by atoms with Gasteiger partial charge in [0.1, 0.15) is 5.75 Å². The lowest BCUT2D eigenvalue weighted by molar-refractivity contribution is 0.104. The van der Waals surface area contributed by atoms with Crippen molar-refractivity contribution in [3.05, 3.63) is 118 Å². The standard InChI is InChI=1S/C28H20Cl2O2/c1-18-7-11-20(12-8-18)24-15-19(10-14-27(31)21-5-3-2-4-6-21)9-13-23(24)25-16-22(29)17-26(30)28(25)32/h2-17,32H,1H3. The molecule has 0 saturated heterocycles. The fourth-order valence-electron chi connectivity index (χ4n) is 3.51. The summed E-state index contributed by atoms with van der Waals surface area (Å²) in [6.45, 7) is 2.03. The van der Waals surface area contributed by atoms with Crippen LogP contribution in [0.4, 0.5) is 0 Å². The zero-order chi connectivity index (χ0) is 22.7. The summed E-state index contributed by atoms with van der Waals surface area (Å²) in [6.07, 6.45) is 3.36. The average molecular weight is 459 g/mol. The van der Waals surface area contributed by atoms with Gasteiger partial charge in [-0.05, 0) is 53.5 Å². The number of benzene rings is 4. The van der Waals surface area contributed by atoms with Crippen molar-refractivity contribution in [1.29, 1.82) is 0 Å². The molecule has 0 aromatic heterocycles. The Balaban J connectivity index is 1.81. The summed E-state index contributed by atoms with van der Waals surface area (Å²) in [5, 5.41) is 11.2. The van der Waals surface area contributed by atoms with E-state index >= 15 is 0 Å². The number of carbonyl (C=O) groups is 1. The van der Waals surface area contributed by atoms with Crippen LogP contribution in [-0.2, 0) is 0 Å². The number of phenolic OH excluding ortho intramolecular Hbond substituents is 1. The largest absolute Gasteiger partial charge is 0.506 e. The van der Waals surface area contributed by atoms with Gasteiger partial charge in [0.25, 0.3) is 0 Å². The van der Waals surface area contributed by atoms with Crippen LogP contribution in [0.3, 0.4) is 0 Å². The zero-order valence-corrected chi connectivity index (χ0v) is 18.9. The Morgan fingerprint density at radius 3 is 2.25 bits per heavy atom. The monoisotopic (exact) mass is 458 g/mol. The van der Waals surface area contributed by atoms with Crippen LogP contribution in [0, 0.1) is 6.92 Å². The fourth-order valence-corrected chi connectivity index (χ4v) is 4.01. The number of ketones is 1. The molecule has 0 heterocycles. The third kappa shape index (κ3) is 4.77. The molecule has 0 aliphatic carbocycles. The highest BCUT2D eigenvalue weighted by molar-refractivity contribution is 6.36. The van der Waals surface area contributed by atoms with Gasteiger partial charge in [-0.15, -0.1) is 0 Å². The fraction of sp³-hybridized carbons (Fsp3) is 0.0357. The van der Waals surface area contributed by atoms with Crippen molar-refractivity contribution in [3.8, 4) is 28.0 Å². The third-order valence-corrected chi connectivity index (χ3v) is 5.72. The summed E-state index contributed by atoms with van der Waals surface area (Å²) >= 11 is 12.4. The topological polar surface area (TPSA) is 37.3 Å². The summed E-state index contributed by atoms with van der Waals surface area (Å²) in [7, 11) is 0. The lowest BCUT2D eigenvalue weighted by Gasteiger charge is -2.14. The Labute approximate surface area is 197 Å². The van der Waals surface area contributed by atoms with E-state index in [1.54, 1.807) is 30.4 Å². The van der Waals surface area contributed by atoms with Gasteiger partial charge in [0.2, 0.25) is 0 Å². The number of aryl methyl sites for hydroxylation is 1. The molecule has 158 valence electrons. The average Bonchev–Trinajstić information content (AvgIpc) is 2.81. The molecule has 0 atom stereocenters. The molecule has 4 aromatic carbocycles. The Bertz CT molecular complexity index is 1310. The quantitative estimate of drug-likeness (QED) is 0.241. The van der Waals surface area contributed by atoms with Gasteiger partial charge in [0, 0.05) is 16.1 Å². The zero-order valence-electron chi connectivity index (χ0n) is 17.3. The molecule has 1 N–H and O–H groups in total. The summed E-state index contributed by atoms with van der Waals surface area (Å²) in [5.74, 6) is -0.0854. The highest BCUT2D eigenvalue weighted by Gasteiger charge is 2.15. The molecule has 32 heavy (non-hydrogen) atoms. The second kappa shape index (κ2) is 9.44. The van der Waals surface area contributed by atoms with Crippen LogP contribution < -0.4 is 0 Å². The smallest absolute Gasteiger partial charge is 0.185 e. The van der Waals surface area contributed by atoms with Gasteiger partial charge in [-0.2, -0.15) is 0 Å². The maximum Gasteiger partial charge on any atom is 0.185 e. The number of hydrogen-bond donors (Lipinski definition) is 1. The van der Waals surface area contributed by atoms with Crippen LogP contribution in [0.5, 0.6) is 5.75 Å². The van der Waals surface area contributed by atoms with Crippen LogP contribution in [-0.4, -0.2) is 10.9 Å². The normalized spacial score (nSPS) is 11.1. The molecule has 0 radical (unpaired) electrons. The van der Waals surface area contributed by atoms with Crippen molar-refractivity contribution in [3.63, 3.8) is 0 Å². The number of hydrogen-bond acceptors (Lipinski definition) is 2. The van der Waals surface area contributed by atoms with E-state index in [0.717, 1.165) is 27.8 Å². The first-order valence-electron chi connectivity index (χ1n) is 10.1. The van der Waals surface area contributed by atoms with Gasteiger partial charge < -0.3 is 5.11 Å². The van der Waals surface area contributed by atoms with E-state index in [-0.39, 0.29) is 16.6 Å². The van der Waals surface area contributed by atoms with Gasteiger partial charge in [-0.1, -0.05) is 102 Å². The predicted octanol–water partition coefficient (Wildman–Crippen LogP) is 8.24. The molecular formula is C28H20Cl2O2. The first-order chi connectivity index (χ1) is 15.4. The second-order valence-corrected chi connectivity index (χ2v) is 8.36. The maximum absolute atomic E-state index is 12.5. The van der Waals surface area contributed by atoms with E-state index in [9.17, 15) is 9.90 Å². The molecule has 2 nitrogen and oxygen atoms in total. The van der Waals surface area contributed by atoms with Crippen molar-refractivity contribution in [2.75, 3.05) is 0 Å². The summed E-state index contributed by atoms with van der Waals surface area (Å²) in [6, 6.07) is 26.3. The van der Waals surface area contributed by atoms with Crippen molar-refractivity contribution in [2.45, 2.75) is 6.92 Å². The molecular weight excluding hydrogens is 439 g/mol. The van der Waals surface area contributed by atoms with E-state index in [2.05, 4.69) is 0 Å². The highest BCUT2D eigenvalue weighted by Crippen LogP contribution is 2.42. The molecule has 0 fully saturated rings. The van der Waals surface area contributed by atoms with Gasteiger partial charge in [-0.3, -0.25) is 4.79 Å². The molecule has 4 heteroatoms. The number of aromatic hydroxyl groups is 1. The molecule has 0 aliphatic heterocycles. The first kappa shape index (κ1) is 21.9. The molecule has 0 amide bonds. The number of rotatable bonds is 5. The summed E-state index contributed by atoms with van der Waals surface area (Å²) < 4.78 is 0. The molecule has 0 bridgehead atoms. The lowest BCUT2D eigenvalue weighted by atomic mass is 9.91. The van der Waals surface area contributed by atoms with E-state index in [1.165, 1.54) is 6.07 Å². The number of allylic oxidation sites excluding steroid dienone is 1. The third-order valence-electron chi connectivity index (χ3n) is 5.21. The highest BCUT2D eigenvalue weighted by atomic mass is 35.5. The van der Waals surface area contributed by atoms with E-state index in [1.807, 2.05) is 67.6 Å². The van der Waals surface area contributed by atoms with Crippen molar-refractivity contribution < 1.29 is 9.90 Å². The van der Waals surface area contributed by atoms with Crippen LogP contribution >= 0.6 is 23.2 Å². The minimum absolute atomic E-state index is 0.0213. The van der Waals surface area contributed by atoms with Gasteiger partial charge in [0.15, 0.2) is 5.78 Å². The number of carbonyl (C=O) groups excluding carboxylic acids is 1. The van der Waals surface area contributed by atoms with Crippen molar-refractivity contribution in [1.82, 2.24) is 0 Å². The summed E-state index contributed by atoms with van der Waals surface area (Å²) in [4.78, 5) is 12.5. The Morgan fingerprint density at radius 1 is 0.812 bits per heavy atom. The minimum atomic E-state index is -0.0640. The van der Waals surface area contributed by atoms with E-state index < -0.39 is 0 Å². The Morgan fingerprint density at radius 2 is 1.53 bits per heavy atom. The first-order valence-corrected chi connectivity index (χ1v) is 10.8. The lowest BCUT2D eigenvalue weighted by Crippen LogP contribution is -1.93. The van der Waals surface area contributed by atoms with E-state index in [0.29, 0.717) is 16.1 Å². The Kier molecular flexibility index (Phi) is 6.45. The molecule has 4 aromatic rings. The predicted molar refractivity (Wildman–Crippen MR) is 134 cm³/mol. The molecule has 0 saturated carbocycles. The minimum Gasteiger partial charge on any atom is -0.506 e. The van der Waals surface area contributed by atoms with Crippen LogP contribution in [0.1, 0.15) is 21.5 Å². The maximum atomic E-state index is 12.5. The molecule has 0 unspecified atom stereocenters. The van der Waals surface area contributed by atoms with Crippen LogP contribution in [0.2, 0.25) is 10.0 Å². The van der Waals surface area contributed by atoms with Crippen molar-refractivity contribution >= 4 is 35.1 Å². The Hall–Kier alpha value is -3.33. The van der Waals surface area contributed by atoms with E-state index in [4.69, 9.17) is 23.2 Å². The molecule has 4 rings (SSSR count). The van der Waals surface area contributed by atoms with Crippen molar-refractivity contribution in [2.24, 2.45) is 0 Å². The summed E-state index contributed by atoms with van der Waals surface area (Å²) in [5.41, 5.74) is 5.86. The molecule has 0 aliphatic rings. The molecule has 0 spiro atoms.